The Morgan fingerprint density at radius 3 is 1.65 bits per heavy atom. The summed E-state index contributed by atoms with van der Waals surface area (Å²) < 4.78 is 97.1. The van der Waals surface area contributed by atoms with Gasteiger partial charge in [0, 0.05) is 43.8 Å². The molecule has 5 rings (SSSR count). The Morgan fingerprint density at radius 1 is 0.745 bits per heavy atom. The van der Waals surface area contributed by atoms with Crippen LogP contribution in [-0.2, 0) is 27.5 Å². The highest BCUT2D eigenvalue weighted by atomic mass is 19.4. The number of halogens is 9. The van der Waals surface area contributed by atoms with Crippen LogP contribution < -0.4 is 5.32 Å². The molecule has 0 amide bonds. The zero-order valence-corrected chi connectivity index (χ0v) is 25.8. The molecule has 51 heavy (non-hydrogen) atoms. The Labute approximate surface area is 281 Å². The van der Waals surface area contributed by atoms with E-state index in [-0.39, 0.29) is 0 Å². The van der Waals surface area contributed by atoms with E-state index in [1.54, 1.807) is 6.20 Å². The lowest BCUT2D eigenvalue weighted by Crippen LogP contribution is -2.32. The van der Waals surface area contributed by atoms with Crippen LogP contribution in [0.1, 0.15) is 35.7 Å². The van der Waals surface area contributed by atoms with Crippen LogP contribution in [0.15, 0.2) is 67.4 Å². The van der Waals surface area contributed by atoms with E-state index in [1.165, 1.54) is 5.56 Å². The minimum absolute atomic E-state index is 0.418. The first-order valence-corrected chi connectivity index (χ1v) is 14.2. The molecule has 5 heterocycles. The molecular weight excluding hydrogens is 713 g/mol. The van der Waals surface area contributed by atoms with Gasteiger partial charge in [0.1, 0.15) is 0 Å². The van der Waals surface area contributed by atoms with E-state index in [1.807, 2.05) is 47.5 Å². The number of alkyl halides is 9. The fourth-order valence-corrected chi connectivity index (χ4v) is 3.98. The van der Waals surface area contributed by atoms with Crippen molar-refractivity contribution in [1.82, 2.24) is 29.5 Å². The molecule has 4 aromatic rings. The number of fused-ring (bicyclic) bond motifs is 1. The van der Waals surface area contributed by atoms with Gasteiger partial charge in [0.05, 0.1) is 11.9 Å². The SMILES string of the molecule is O=C(O)C(F)(F)F.O=C(O)C(F)(F)F.O=C(O)C(F)(F)F.c1cncc(CNc2ccc3nc(C4CCN(Cc5cccnc5)CC4)nn3c2)c1. The summed E-state index contributed by atoms with van der Waals surface area (Å²) in [5.41, 5.74) is 4.34. The lowest BCUT2D eigenvalue weighted by molar-refractivity contribution is -0.193. The molecule has 0 atom stereocenters. The standard InChI is InChI=1S/C23H25N7.3C2HF3O2/c1-3-18(13-24-9-1)15-26-21-5-6-22-27-23(28-30(22)17-21)20-7-11-29(12-8-20)16-19-4-2-10-25-14-19;3*3-2(4,5)1(6)7/h1-6,9-10,13-14,17,20,26H,7-8,11-12,15-16H2;3*(H,6,7). The summed E-state index contributed by atoms with van der Waals surface area (Å²) in [5.74, 6) is -6.89. The molecule has 4 N–H and O–H groups in total. The predicted octanol–water partition coefficient (Wildman–Crippen LogP) is 5.41. The molecule has 0 aromatic carbocycles. The van der Waals surface area contributed by atoms with Crippen molar-refractivity contribution in [3.05, 3.63) is 84.3 Å². The second-order valence-corrected chi connectivity index (χ2v) is 10.2. The molecule has 278 valence electrons. The maximum atomic E-state index is 10.6. The topological polar surface area (TPSA) is 183 Å². The van der Waals surface area contributed by atoms with Crippen molar-refractivity contribution in [2.24, 2.45) is 0 Å². The predicted molar refractivity (Wildman–Crippen MR) is 157 cm³/mol. The number of likely N-dealkylation sites (tertiary alicyclic amines) is 1. The first-order chi connectivity index (χ1) is 23.7. The van der Waals surface area contributed by atoms with Crippen molar-refractivity contribution >= 4 is 29.2 Å². The molecule has 0 saturated carbocycles. The normalized spacial score (nSPS) is 13.7. The second kappa shape index (κ2) is 18.5. The van der Waals surface area contributed by atoms with Gasteiger partial charge in [0.25, 0.3) is 0 Å². The lowest BCUT2D eigenvalue weighted by Gasteiger charge is -2.30. The molecule has 0 aliphatic carbocycles. The molecule has 1 aliphatic heterocycles. The van der Waals surface area contributed by atoms with Crippen LogP contribution in [0.25, 0.3) is 5.65 Å². The molecule has 13 nitrogen and oxygen atoms in total. The van der Waals surface area contributed by atoms with Crippen molar-refractivity contribution in [2.45, 2.75) is 50.4 Å². The quantitative estimate of drug-likeness (QED) is 0.185. The average molecular weight is 742 g/mol. The monoisotopic (exact) mass is 741 g/mol. The van der Waals surface area contributed by atoms with Gasteiger partial charge in [-0.1, -0.05) is 12.1 Å². The average Bonchev–Trinajstić information content (AvgIpc) is 3.48. The van der Waals surface area contributed by atoms with Gasteiger partial charge in [0.2, 0.25) is 0 Å². The van der Waals surface area contributed by atoms with Crippen molar-refractivity contribution in [1.29, 1.82) is 0 Å². The fraction of sp³-hybridized carbons (Fsp3) is 0.345. The van der Waals surface area contributed by atoms with Gasteiger partial charge >= 0.3 is 36.4 Å². The van der Waals surface area contributed by atoms with E-state index in [9.17, 15) is 39.5 Å². The number of aliphatic carboxylic acids is 3. The Morgan fingerprint density at radius 2 is 1.22 bits per heavy atom. The third-order valence-corrected chi connectivity index (χ3v) is 6.38. The van der Waals surface area contributed by atoms with Gasteiger partial charge in [0.15, 0.2) is 11.5 Å². The van der Waals surface area contributed by atoms with Crippen LogP contribution in [0, 0.1) is 0 Å². The zero-order chi connectivity index (χ0) is 38.4. The number of rotatable bonds is 6. The number of carboxylic acid groups (broad SMARTS) is 3. The third-order valence-electron chi connectivity index (χ3n) is 6.38. The summed E-state index contributed by atoms with van der Waals surface area (Å²) in [6.45, 7) is 3.82. The minimum Gasteiger partial charge on any atom is -0.475 e. The molecule has 0 radical (unpaired) electrons. The summed E-state index contributed by atoms with van der Waals surface area (Å²) in [7, 11) is 0. The van der Waals surface area contributed by atoms with Gasteiger partial charge in [-0.2, -0.15) is 44.6 Å². The van der Waals surface area contributed by atoms with Crippen molar-refractivity contribution in [3.63, 3.8) is 0 Å². The lowest BCUT2D eigenvalue weighted by atomic mass is 9.96. The molecule has 0 unspecified atom stereocenters. The Bertz CT molecular complexity index is 1640. The summed E-state index contributed by atoms with van der Waals surface area (Å²) in [6.07, 6.45) is -3.62. The van der Waals surface area contributed by atoms with Crippen LogP contribution in [0.4, 0.5) is 45.2 Å². The minimum atomic E-state index is -5.08. The van der Waals surface area contributed by atoms with Crippen molar-refractivity contribution in [3.8, 4) is 0 Å². The number of hydrogen-bond donors (Lipinski definition) is 4. The molecule has 1 saturated heterocycles. The molecule has 0 bridgehead atoms. The summed E-state index contributed by atoms with van der Waals surface area (Å²) in [6, 6.07) is 12.2. The van der Waals surface area contributed by atoms with Gasteiger partial charge in [-0.3, -0.25) is 14.9 Å². The molecule has 0 spiro atoms. The first-order valence-electron chi connectivity index (χ1n) is 14.2. The number of hydrogen-bond acceptors (Lipinski definition) is 9. The number of nitrogens with zero attached hydrogens (tertiary/aromatic N) is 6. The highest BCUT2D eigenvalue weighted by Crippen LogP contribution is 2.27. The van der Waals surface area contributed by atoms with E-state index >= 15 is 0 Å². The van der Waals surface area contributed by atoms with Gasteiger partial charge in [-0.05, 0) is 61.3 Å². The van der Waals surface area contributed by atoms with Crippen molar-refractivity contribution < 1.29 is 69.2 Å². The van der Waals surface area contributed by atoms with Crippen LogP contribution in [0.2, 0.25) is 0 Å². The maximum Gasteiger partial charge on any atom is 0.490 e. The maximum absolute atomic E-state index is 10.6. The molecule has 1 fully saturated rings. The van der Waals surface area contributed by atoms with Crippen LogP contribution in [0.5, 0.6) is 0 Å². The van der Waals surface area contributed by atoms with Crippen molar-refractivity contribution in [2.75, 3.05) is 18.4 Å². The third kappa shape index (κ3) is 15.3. The number of piperidine rings is 1. The molecule has 22 heteroatoms. The number of aromatic nitrogens is 5. The number of carbonyl (C=O) groups is 3. The van der Waals surface area contributed by atoms with E-state index < -0.39 is 36.4 Å². The Balaban J connectivity index is 0.000000352. The number of anilines is 1. The second-order valence-electron chi connectivity index (χ2n) is 10.2. The smallest absolute Gasteiger partial charge is 0.475 e. The summed E-state index contributed by atoms with van der Waals surface area (Å²) >= 11 is 0. The zero-order valence-electron chi connectivity index (χ0n) is 25.8. The highest BCUT2D eigenvalue weighted by molar-refractivity contribution is 5.73. The number of nitrogens with one attached hydrogen (secondary N) is 1. The van der Waals surface area contributed by atoms with Crippen LogP contribution in [0.3, 0.4) is 0 Å². The van der Waals surface area contributed by atoms with E-state index in [0.29, 0.717) is 5.92 Å². The van der Waals surface area contributed by atoms with Crippen LogP contribution >= 0.6 is 0 Å². The van der Waals surface area contributed by atoms with Gasteiger partial charge in [-0.25, -0.2) is 23.9 Å². The number of pyridine rings is 3. The van der Waals surface area contributed by atoms with Crippen LogP contribution in [-0.4, -0.2) is 94.3 Å². The van der Waals surface area contributed by atoms with Gasteiger partial charge in [-0.15, -0.1) is 0 Å². The summed E-state index contributed by atoms with van der Waals surface area (Å²) in [5, 5.41) is 29.6. The molecular formula is C29H28F9N7O6. The Hall–Kier alpha value is -5.54. The van der Waals surface area contributed by atoms with E-state index in [0.717, 1.165) is 61.7 Å². The molecule has 4 aromatic heterocycles. The number of carboxylic acids is 3. The first kappa shape index (κ1) is 41.6. The fourth-order valence-electron chi connectivity index (χ4n) is 3.98. The Kier molecular flexibility index (Phi) is 15.1. The van der Waals surface area contributed by atoms with Gasteiger partial charge < -0.3 is 20.6 Å². The summed E-state index contributed by atoms with van der Waals surface area (Å²) in [4.78, 5) is 42.3. The molecule has 1 aliphatic rings. The highest BCUT2D eigenvalue weighted by Gasteiger charge is 2.39. The largest absolute Gasteiger partial charge is 0.490 e. The van der Waals surface area contributed by atoms with E-state index in [4.69, 9.17) is 39.8 Å². The van der Waals surface area contributed by atoms with E-state index in [2.05, 4.69) is 38.4 Å².